The van der Waals surface area contributed by atoms with Crippen LogP contribution < -0.4 is 20.3 Å². The average Bonchev–Trinajstić information content (AvgIpc) is 3.33. The molecule has 142 valence electrons. The second kappa shape index (κ2) is 8.22. The van der Waals surface area contributed by atoms with Gasteiger partial charge >= 0.3 is 0 Å². The van der Waals surface area contributed by atoms with Crippen molar-refractivity contribution in [3.63, 3.8) is 0 Å². The number of hydrogen-bond donors (Lipinski definition) is 2. The van der Waals surface area contributed by atoms with Gasteiger partial charge in [0.15, 0.2) is 0 Å². The second-order valence-corrected chi connectivity index (χ2v) is 7.14. The summed E-state index contributed by atoms with van der Waals surface area (Å²) in [5.74, 6) is -0.0478. The molecule has 0 unspecified atom stereocenters. The predicted octanol–water partition coefficient (Wildman–Crippen LogP) is 2.64. The van der Waals surface area contributed by atoms with E-state index < -0.39 is 6.04 Å². The number of hydrogen-bond acceptors (Lipinski definition) is 5. The molecule has 0 spiro atoms. The highest BCUT2D eigenvalue weighted by Gasteiger charge is 2.25. The molecule has 1 aliphatic rings. The molecule has 27 heavy (non-hydrogen) atoms. The minimum Gasteiger partial charge on any atom is -0.494 e. The summed E-state index contributed by atoms with van der Waals surface area (Å²) >= 11 is 1.31. The van der Waals surface area contributed by atoms with Gasteiger partial charge in [0.25, 0.3) is 5.91 Å². The van der Waals surface area contributed by atoms with Crippen molar-refractivity contribution in [1.82, 2.24) is 5.32 Å². The smallest absolute Gasteiger partial charge is 0.261 e. The van der Waals surface area contributed by atoms with E-state index in [-0.39, 0.29) is 17.7 Å². The molecule has 1 aliphatic heterocycles. The quantitative estimate of drug-likeness (QED) is 0.798. The van der Waals surface area contributed by atoms with Crippen molar-refractivity contribution in [1.29, 1.82) is 0 Å². The first kappa shape index (κ1) is 18.9. The zero-order valence-electron chi connectivity index (χ0n) is 15.2. The lowest BCUT2D eigenvalue weighted by Gasteiger charge is -2.20. The van der Waals surface area contributed by atoms with Crippen LogP contribution in [0.25, 0.3) is 0 Å². The van der Waals surface area contributed by atoms with Gasteiger partial charge in [-0.3, -0.25) is 14.4 Å². The van der Waals surface area contributed by atoms with Gasteiger partial charge in [-0.2, -0.15) is 0 Å². The van der Waals surface area contributed by atoms with Crippen LogP contribution in [0.15, 0.2) is 35.7 Å². The van der Waals surface area contributed by atoms with Crippen molar-refractivity contribution < 1.29 is 19.1 Å². The number of amides is 3. The third-order valence-corrected chi connectivity index (χ3v) is 5.17. The maximum Gasteiger partial charge on any atom is 0.261 e. The van der Waals surface area contributed by atoms with E-state index in [4.69, 9.17) is 4.74 Å². The molecule has 0 bridgehead atoms. The van der Waals surface area contributed by atoms with E-state index in [0.29, 0.717) is 35.0 Å². The lowest BCUT2D eigenvalue weighted by Crippen LogP contribution is -2.41. The molecule has 7 nitrogen and oxygen atoms in total. The summed E-state index contributed by atoms with van der Waals surface area (Å²) in [5, 5.41) is 7.23. The lowest BCUT2D eigenvalue weighted by molar-refractivity contribution is -0.118. The maximum atomic E-state index is 12.4. The summed E-state index contributed by atoms with van der Waals surface area (Å²) in [7, 11) is 1.52. The van der Waals surface area contributed by atoms with Gasteiger partial charge in [0, 0.05) is 24.7 Å². The number of nitrogens with zero attached hydrogens (tertiary/aromatic N) is 1. The maximum absolute atomic E-state index is 12.4. The van der Waals surface area contributed by atoms with Gasteiger partial charge in [0.05, 0.1) is 17.7 Å². The fourth-order valence-electron chi connectivity index (χ4n) is 2.87. The molecule has 1 atom stereocenters. The highest BCUT2D eigenvalue weighted by atomic mass is 32.1. The van der Waals surface area contributed by atoms with Gasteiger partial charge in [0.1, 0.15) is 11.8 Å². The summed E-state index contributed by atoms with van der Waals surface area (Å²) < 4.78 is 5.39. The van der Waals surface area contributed by atoms with E-state index in [9.17, 15) is 14.4 Å². The van der Waals surface area contributed by atoms with Crippen LogP contribution >= 0.6 is 11.3 Å². The number of nitrogens with one attached hydrogen (secondary N) is 2. The normalized spacial score (nSPS) is 14.7. The van der Waals surface area contributed by atoms with Crippen molar-refractivity contribution in [2.45, 2.75) is 25.8 Å². The van der Waals surface area contributed by atoms with Crippen molar-refractivity contribution in [3.05, 3.63) is 40.6 Å². The first-order chi connectivity index (χ1) is 13.0. The van der Waals surface area contributed by atoms with Gasteiger partial charge in [-0.05, 0) is 36.9 Å². The van der Waals surface area contributed by atoms with E-state index in [0.717, 1.165) is 6.42 Å². The average molecular weight is 387 g/mol. The Morgan fingerprint density at radius 2 is 2.11 bits per heavy atom. The van der Waals surface area contributed by atoms with Gasteiger partial charge in [0.2, 0.25) is 11.8 Å². The zero-order chi connectivity index (χ0) is 19.4. The van der Waals surface area contributed by atoms with Crippen molar-refractivity contribution in [2.24, 2.45) is 0 Å². The van der Waals surface area contributed by atoms with Crippen LogP contribution in [-0.2, 0) is 9.59 Å². The molecule has 2 heterocycles. The summed E-state index contributed by atoms with van der Waals surface area (Å²) in [4.78, 5) is 38.6. The molecule has 2 aromatic rings. The first-order valence-corrected chi connectivity index (χ1v) is 9.51. The highest BCUT2D eigenvalue weighted by Crippen LogP contribution is 2.33. The monoisotopic (exact) mass is 387 g/mol. The van der Waals surface area contributed by atoms with Crippen LogP contribution in [0.2, 0.25) is 0 Å². The fraction of sp³-hybridized carbons (Fsp3) is 0.316. The van der Waals surface area contributed by atoms with Gasteiger partial charge in [-0.1, -0.05) is 6.07 Å². The van der Waals surface area contributed by atoms with Crippen molar-refractivity contribution in [3.8, 4) is 5.75 Å². The lowest BCUT2D eigenvalue weighted by atomic mass is 10.2. The van der Waals surface area contributed by atoms with E-state index in [2.05, 4.69) is 10.6 Å². The Labute approximate surface area is 161 Å². The molecular formula is C19H21N3O4S. The number of rotatable bonds is 6. The minimum absolute atomic E-state index is 0.0648. The molecule has 8 heteroatoms. The molecule has 2 N–H and O–H groups in total. The van der Waals surface area contributed by atoms with E-state index in [1.807, 2.05) is 0 Å². The number of carbonyl (C=O) groups excluding carboxylic acids is 3. The Bertz CT molecular complexity index is 851. The molecule has 1 aromatic carbocycles. The predicted molar refractivity (Wildman–Crippen MR) is 104 cm³/mol. The fourth-order valence-corrected chi connectivity index (χ4v) is 3.50. The minimum atomic E-state index is -0.703. The Morgan fingerprint density at radius 3 is 2.74 bits per heavy atom. The van der Waals surface area contributed by atoms with Crippen LogP contribution in [0.1, 0.15) is 29.4 Å². The van der Waals surface area contributed by atoms with E-state index >= 15 is 0 Å². The Morgan fingerprint density at radius 1 is 1.30 bits per heavy atom. The molecule has 0 aliphatic carbocycles. The van der Waals surface area contributed by atoms with Crippen LogP contribution in [-0.4, -0.2) is 37.4 Å². The molecule has 1 fully saturated rings. The topological polar surface area (TPSA) is 87.7 Å². The molecule has 1 saturated heterocycles. The second-order valence-electron chi connectivity index (χ2n) is 6.20. The molecule has 0 radical (unpaired) electrons. The number of benzene rings is 1. The Hall–Kier alpha value is -2.87. The zero-order valence-corrected chi connectivity index (χ0v) is 16.0. The number of anilines is 2. The summed E-state index contributed by atoms with van der Waals surface area (Å²) in [6.45, 7) is 2.28. The summed E-state index contributed by atoms with van der Waals surface area (Å²) in [5.41, 5.74) is 1.22. The van der Waals surface area contributed by atoms with Gasteiger partial charge < -0.3 is 20.3 Å². The molecule has 0 saturated carbocycles. The Balaban J connectivity index is 1.66. The number of methoxy groups -OCH3 is 1. The highest BCUT2D eigenvalue weighted by molar-refractivity contribution is 7.12. The largest absolute Gasteiger partial charge is 0.494 e. The first-order valence-electron chi connectivity index (χ1n) is 8.63. The van der Waals surface area contributed by atoms with Gasteiger partial charge in [-0.15, -0.1) is 11.3 Å². The van der Waals surface area contributed by atoms with Crippen LogP contribution in [0.3, 0.4) is 0 Å². The molecular weight excluding hydrogens is 366 g/mol. The standard InChI is InChI=1S/C19H21N3O4S/c1-12(20-19(25)16-5-4-10-27-16)18(24)21-13-7-8-14(15(11-13)26-2)22-9-3-6-17(22)23/h4-5,7-8,10-12H,3,6,9H2,1-2H3,(H,20,25)(H,21,24)/t12-/m0/s1. The van der Waals surface area contributed by atoms with Crippen molar-refractivity contribution >= 4 is 40.4 Å². The molecule has 1 aromatic heterocycles. The van der Waals surface area contributed by atoms with Gasteiger partial charge in [-0.25, -0.2) is 0 Å². The third kappa shape index (κ3) is 4.28. The summed E-state index contributed by atoms with van der Waals surface area (Å²) in [6.07, 6.45) is 1.35. The number of thiophene rings is 1. The molecule has 3 rings (SSSR count). The number of carbonyl (C=O) groups is 3. The SMILES string of the molecule is COc1cc(NC(=O)[C@H](C)NC(=O)c2cccs2)ccc1N1CCCC1=O. The van der Waals surface area contributed by atoms with E-state index in [1.165, 1.54) is 18.4 Å². The van der Waals surface area contributed by atoms with Crippen LogP contribution in [0, 0.1) is 0 Å². The third-order valence-electron chi connectivity index (χ3n) is 4.30. The van der Waals surface area contributed by atoms with Crippen LogP contribution in [0.4, 0.5) is 11.4 Å². The summed E-state index contributed by atoms with van der Waals surface area (Å²) in [6, 6.07) is 7.93. The Kier molecular flexibility index (Phi) is 5.75. The van der Waals surface area contributed by atoms with E-state index in [1.54, 1.807) is 47.5 Å². The van der Waals surface area contributed by atoms with Crippen LogP contribution in [0.5, 0.6) is 5.75 Å². The molecule has 3 amide bonds. The number of ether oxygens (including phenoxy) is 1. The van der Waals surface area contributed by atoms with Crippen molar-refractivity contribution in [2.75, 3.05) is 23.9 Å².